The molecule has 1 aromatic rings. The maximum atomic E-state index is 9.28. The van der Waals surface area contributed by atoms with Crippen molar-refractivity contribution in [1.29, 1.82) is 0 Å². The van der Waals surface area contributed by atoms with Crippen LogP contribution in [0.5, 0.6) is 11.5 Å². The van der Waals surface area contributed by atoms with Crippen molar-refractivity contribution in [2.75, 3.05) is 20.3 Å². The summed E-state index contributed by atoms with van der Waals surface area (Å²) in [6, 6.07) is 6.00. The highest BCUT2D eigenvalue weighted by Gasteiger charge is 2.41. The van der Waals surface area contributed by atoms with E-state index in [0.717, 1.165) is 43.0 Å². The molecule has 0 unspecified atom stereocenters. The molecule has 0 amide bonds. The normalized spacial score (nSPS) is 16.2. The largest absolute Gasteiger partial charge is 0.493 e. The zero-order valence-electron chi connectivity index (χ0n) is 12.6. The van der Waals surface area contributed by atoms with Gasteiger partial charge in [-0.25, -0.2) is 0 Å². The van der Waals surface area contributed by atoms with Crippen molar-refractivity contribution in [3.8, 4) is 11.5 Å². The molecule has 2 N–H and O–H groups in total. The zero-order chi connectivity index (χ0) is 14.6. The van der Waals surface area contributed by atoms with Crippen LogP contribution in [-0.2, 0) is 6.54 Å². The predicted octanol–water partition coefficient (Wildman–Crippen LogP) is 2.34. The monoisotopic (exact) mass is 279 g/mol. The quantitative estimate of drug-likeness (QED) is 0.767. The lowest BCUT2D eigenvalue weighted by Crippen LogP contribution is -2.26. The van der Waals surface area contributed by atoms with E-state index in [1.807, 2.05) is 32.0 Å². The van der Waals surface area contributed by atoms with Crippen LogP contribution in [0.3, 0.4) is 0 Å². The molecule has 1 aromatic carbocycles. The second-order valence-electron chi connectivity index (χ2n) is 5.91. The van der Waals surface area contributed by atoms with Gasteiger partial charge in [-0.2, -0.15) is 0 Å². The number of nitrogens with one attached hydrogen (secondary N) is 1. The Balaban J connectivity index is 1.91. The Kier molecular flexibility index (Phi) is 4.89. The molecule has 4 heteroatoms. The lowest BCUT2D eigenvalue weighted by atomic mass is 10.1. The minimum atomic E-state index is 0.132. The third kappa shape index (κ3) is 3.87. The van der Waals surface area contributed by atoms with Gasteiger partial charge in [-0.1, -0.05) is 6.07 Å². The summed E-state index contributed by atoms with van der Waals surface area (Å²) in [6.07, 6.45) is 2.38. The van der Waals surface area contributed by atoms with Gasteiger partial charge in [0.1, 0.15) is 0 Å². The molecule has 4 nitrogen and oxygen atoms in total. The van der Waals surface area contributed by atoms with Crippen molar-refractivity contribution in [2.24, 2.45) is 5.41 Å². The summed E-state index contributed by atoms with van der Waals surface area (Å²) in [6.45, 7) is 5.93. The van der Waals surface area contributed by atoms with E-state index in [9.17, 15) is 5.11 Å². The highest BCUT2D eigenvalue weighted by molar-refractivity contribution is 5.43. The number of benzene rings is 1. The number of aliphatic hydroxyl groups is 1. The summed E-state index contributed by atoms with van der Waals surface area (Å²) in [4.78, 5) is 0. The predicted molar refractivity (Wildman–Crippen MR) is 79.2 cm³/mol. The van der Waals surface area contributed by atoms with Gasteiger partial charge >= 0.3 is 0 Å². The van der Waals surface area contributed by atoms with E-state index >= 15 is 0 Å². The number of hydrogen-bond acceptors (Lipinski definition) is 4. The van der Waals surface area contributed by atoms with Crippen LogP contribution < -0.4 is 14.8 Å². The van der Waals surface area contributed by atoms with E-state index in [4.69, 9.17) is 9.47 Å². The maximum absolute atomic E-state index is 9.28. The first-order chi connectivity index (χ1) is 9.58. The summed E-state index contributed by atoms with van der Waals surface area (Å²) < 4.78 is 11.1. The summed E-state index contributed by atoms with van der Waals surface area (Å²) in [7, 11) is 1.66. The van der Waals surface area contributed by atoms with E-state index in [0.29, 0.717) is 0 Å². The molecule has 0 heterocycles. The number of ether oxygens (including phenoxy) is 2. The molecule has 1 fully saturated rings. The average molecular weight is 279 g/mol. The minimum absolute atomic E-state index is 0.132. The molecule has 20 heavy (non-hydrogen) atoms. The highest BCUT2D eigenvalue weighted by atomic mass is 16.5. The Bertz CT molecular complexity index is 441. The molecule has 0 radical (unpaired) electrons. The fraction of sp³-hybridized carbons (Fsp3) is 0.625. The van der Waals surface area contributed by atoms with Crippen molar-refractivity contribution in [2.45, 2.75) is 39.3 Å². The van der Waals surface area contributed by atoms with E-state index in [1.54, 1.807) is 7.11 Å². The van der Waals surface area contributed by atoms with Gasteiger partial charge in [-0.15, -0.1) is 0 Å². The summed E-state index contributed by atoms with van der Waals surface area (Å²) in [5.74, 6) is 1.54. The van der Waals surface area contributed by atoms with Gasteiger partial charge in [0.05, 0.1) is 13.2 Å². The molecule has 0 aromatic heterocycles. The number of methoxy groups -OCH3 is 1. The molecular formula is C16H25NO3. The molecule has 0 atom stereocenters. The van der Waals surface area contributed by atoms with Crippen molar-refractivity contribution >= 4 is 0 Å². The average Bonchev–Trinajstić information content (AvgIpc) is 3.20. The second kappa shape index (κ2) is 6.46. The molecule has 1 aliphatic carbocycles. The van der Waals surface area contributed by atoms with Crippen LogP contribution >= 0.6 is 0 Å². The summed E-state index contributed by atoms with van der Waals surface area (Å²) in [5.41, 5.74) is 1.30. The minimum Gasteiger partial charge on any atom is -0.493 e. The zero-order valence-corrected chi connectivity index (χ0v) is 12.6. The van der Waals surface area contributed by atoms with Crippen LogP contribution in [0.1, 0.15) is 32.3 Å². The highest BCUT2D eigenvalue weighted by Crippen LogP contribution is 2.44. The topological polar surface area (TPSA) is 50.7 Å². The first kappa shape index (κ1) is 15.1. The molecule has 0 aliphatic heterocycles. The Morgan fingerprint density at radius 1 is 1.30 bits per heavy atom. The third-order valence-corrected chi connectivity index (χ3v) is 3.71. The molecule has 0 bridgehead atoms. The van der Waals surface area contributed by atoms with Gasteiger partial charge in [0.15, 0.2) is 11.5 Å². The van der Waals surface area contributed by atoms with Crippen molar-refractivity contribution in [3.63, 3.8) is 0 Å². The van der Waals surface area contributed by atoms with Crippen LogP contribution in [0.15, 0.2) is 18.2 Å². The van der Waals surface area contributed by atoms with Gasteiger partial charge in [0, 0.05) is 25.1 Å². The molecule has 112 valence electrons. The van der Waals surface area contributed by atoms with Gasteiger partial charge in [0.25, 0.3) is 0 Å². The first-order valence-corrected chi connectivity index (χ1v) is 7.24. The second-order valence-corrected chi connectivity index (χ2v) is 5.91. The van der Waals surface area contributed by atoms with Crippen LogP contribution in [0, 0.1) is 5.41 Å². The van der Waals surface area contributed by atoms with Crippen LogP contribution in [0.25, 0.3) is 0 Å². The van der Waals surface area contributed by atoms with Gasteiger partial charge < -0.3 is 19.9 Å². The van der Waals surface area contributed by atoms with E-state index in [1.165, 1.54) is 0 Å². The fourth-order valence-electron chi connectivity index (χ4n) is 2.21. The number of rotatable bonds is 8. The Labute approximate surface area is 121 Å². The molecule has 2 rings (SSSR count). The lowest BCUT2D eigenvalue weighted by molar-refractivity contribution is 0.207. The van der Waals surface area contributed by atoms with Gasteiger partial charge in [-0.05, 0) is 44.4 Å². The van der Waals surface area contributed by atoms with Crippen molar-refractivity contribution in [3.05, 3.63) is 23.8 Å². The molecule has 0 spiro atoms. The molecule has 1 aliphatic rings. The maximum Gasteiger partial charge on any atom is 0.161 e. The molecule has 0 saturated heterocycles. The van der Waals surface area contributed by atoms with Crippen LogP contribution in [0.4, 0.5) is 0 Å². The Hall–Kier alpha value is -1.26. The van der Waals surface area contributed by atoms with Crippen LogP contribution in [0.2, 0.25) is 0 Å². The van der Waals surface area contributed by atoms with E-state index < -0.39 is 0 Å². The standard InChI is InChI=1S/C16H25NO3/c1-12(2)20-14-5-4-13(8-15(14)19-3)9-17-10-16(11-18)6-7-16/h4-5,8,12,17-18H,6-7,9-11H2,1-3H3. The smallest absolute Gasteiger partial charge is 0.161 e. The van der Waals surface area contributed by atoms with Gasteiger partial charge in [-0.3, -0.25) is 0 Å². The SMILES string of the molecule is COc1cc(CNCC2(CO)CC2)ccc1OC(C)C. The fourth-order valence-corrected chi connectivity index (χ4v) is 2.21. The van der Waals surface area contributed by atoms with Gasteiger partial charge in [0.2, 0.25) is 0 Å². The van der Waals surface area contributed by atoms with Crippen molar-refractivity contribution in [1.82, 2.24) is 5.32 Å². The number of aliphatic hydroxyl groups excluding tert-OH is 1. The Morgan fingerprint density at radius 2 is 2.05 bits per heavy atom. The van der Waals surface area contributed by atoms with E-state index in [2.05, 4.69) is 5.32 Å². The third-order valence-electron chi connectivity index (χ3n) is 3.71. The number of hydrogen-bond donors (Lipinski definition) is 2. The first-order valence-electron chi connectivity index (χ1n) is 7.24. The van der Waals surface area contributed by atoms with E-state index in [-0.39, 0.29) is 18.1 Å². The Morgan fingerprint density at radius 3 is 2.60 bits per heavy atom. The summed E-state index contributed by atoms with van der Waals surface area (Å²) >= 11 is 0. The molecule has 1 saturated carbocycles. The van der Waals surface area contributed by atoms with Crippen molar-refractivity contribution < 1.29 is 14.6 Å². The summed E-state index contributed by atoms with van der Waals surface area (Å²) in [5, 5.41) is 12.7. The molecular weight excluding hydrogens is 254 g/mol. The lowest BCUT2D eigenvalue weighted by Gasteiger charge is -2.16. The van der Waals surface area contributed by atoms with Crippen LogP contribution in [-0.4, -0.2) is 31.5 Å².